The maximum atomic E-state index is 11.0. The Labute approximate surface area is 66.2 Å². The second-order valence-corrected chi connectivity index (χ2v) is 3.67. The summed E-state index contributed by atoms with van der Waals surface area (Å²) in [6.07, 6.45) is 6.01. The van der Waals surface area contributed by atoms with Crippen LogP contribution in [0.1, 0.15) is 32.6 Å². The topological polar surface area (TPSA) is 26.3 Å². The zero-order chi connectivity index (χ0) is 7.90. The van der Waals surface area contributed by atoms with Crippen molar-refractivity contribution in [1.29, 1.82) is 0 Å². The molecule has 1 saturated heterocycles. The minimum absolute atomic E-state index is 0.0509. The molecular weight excluding hydrogens is 140 g/mol. The van der Waals surface area contributed by atoms with E-state index in [1.165, 1.54) is 6.42 Å². The van der Waals surface area contributed by atoms with Gasteiger partial charge in [-0.25, -0.2) is 0 Å². The van der Waals surface area contributed by atoms with E-state index in [1.807, 2.05) is 0 Å². The highest BCUT2D eigenvalue weighted by atomic mass is 16.5. The lowest BCUT2D eigenvalue weighted by atomic mass is 9.78. The standard InChI is InChI=1S/C9H12O2/c1-9-5-3-2-4-7(9)11-8(10)6-9/h4H,2-3,5-6H2,1H3. The molecule has 11 heavy (non-hydrogen) atoms. The SMILES string of the molecule is CC12CCCC=C1OC(=O)C2. The Morgan fingerprint density at radius 1 is 1.64 bits per heavy atom. The molecule has 0 aromatic carbocycles. The molecule has 0 amide bonds. The van der Waals surface area contributed by atoms with Crippen LogP contribution < -0.4 is 0 Å². The fourth-order valence-corrected chi connectivity index (χ4v) is 1.91. The number of hydrogen-bond acceptors (Lipinski definition) is 2. The largest absolute Gasteiger partial charge is 0.431 e. The summed E-state index contributed by atoms with van der Waals surface area (Å²) >= 11 is 0. The second-order valence-electron chi connectivity index (χ2n) is 3.67. The smallest absolute Gasteiger partial charge is 0.311 e. The van der Waals surface area contributed by atoms with Gasteiger partial charge in [0.25, 0.3) is 0 Å². The zero-order valence-electron chi connectivity index (χ0n) is 6.72. The molecule has 0 spiro atoms. The molecule has 1 heterocycles. The number of hydrogen-bond donors (Lipinski definition) is 0. The maximum Gasteiger partial charge on any atom is 0.311 e. The van der Waals surface area contributed by atoms with E-state index in [2.05, 4.69) is 13.0 Å². The number of fused-ring (bicyclic) bond motifs is 1. The van der Waals surface area contributed by atoms with Crippen molar-refractivity contribution >= 4 is 5.97 Å². The van der Waals surface area contributed by atoms with Gasteiger partial charge in [0.15, 0.2) is 0 Å². The molecule has 1 atom stereocenters. The van der Waals surface area contributed by atoms with E-state index >= 15 is 0 Å². The molecule has 0 bridgehead atoms. The molecule has 2 aliphatic rings. The highest BCUT2D eigenvalue weighted by molar-refractivity contribution is 5.75. The van der Waals surface area contributed by atoms with Crippen LogP contribution in [0.25, 0.3) is 0 Å². The Kier molecular flexibility index (Phi) is 1.31. The summed E-state index contributed by atoms with van der Waals surface area (Å²) < 4.78 is 5.09. The lowest BCUT2D eigenvalue weighted by molar-refractivity contribution is -0.135. The molecule has 1 unspecified atom stereocenters. The predicted molar refractivity (Wildman–Crippen MR) is 40.8 cm³/mol. The van der Waals surface area contributed by atoms with Gasteiger partial charge in [0.1, 0.15) is 5.76 Å². The molecule has 1 aliphatic carbocycles. The Hall–Kier alpha value is -0.790. The summed E-state index contributed by atoms with van der Waals surface area (Å²) in [5.74, 6) is 0.870. The van der Waals surface area contributed by atoms with Crippen molar-refractivity contribution in [1.82, 2.24) is 0 Å². The van der Waals surface area contributed by atoms with Crippen LogP contribution in [0.15, 0.2) is 11.8 Å². The second kappa shape index (κ2) is 2.10. The predicted octanol–water partition coefficient (Wildman–Crippen LogP) is 2.01. The van der Waals surface area contributed by atoms with E-state index in [0.29, 0.717) is 6.42 Å². The van der Waals surface area contributed by atoms with E-state index in [0.717, 1.165) is 18.6 Å². The lowest BCUT2D eigenvalue weighted by Gasteiger charge is -2.25. The molecule has 2 nitrogen and oxygen atoms in total. The zero-order valence-corrected chi connectivity index (χ0v) is 6.72. The van der Waals surface area contributed by atoms with Crippen LogP contribution in [0.2, 0.25) is 0 Å². The van der Waals surface area contributed by atoms with Crippen LogP contribution in [0, 0.1) is 5.41 Å². The summed E-state index contributed by atoms with van der Waals surface area (Å²) in [4.78, 5) is 11.0. The minimum Gasteiger partial charge on any atom is -0.431 e. The highest BCUT2D eigenvalue weighted by Gasteiger charge is 2.41. The van der Waals surface area contributed by atoms with Gasteiger partial charge < -0.3 is 4.74 Å². The number of carbonyl (C=O) groups is 1. The van der Waals surface area contributed by atoms with Crippen LogP contribution in [0.3, 0.4) is 0 Å². The normalized spacial score (nSPS) is 36.1. The van der Waals surface area contributed by atoms with Crippen molar-refractivity contribution in [3.63, 3.8) is 0 Å². The van der Waals surface area contributed by atoms with Gasteiger partial charge in [0.2, 0.25) is 0 Å². The first-order chi connectivity index (χ1) is 5.21. The summed E-state index contributed by atoms with van der Waals surface area (Å²) in [6, 6.07) is 0. The van der Waals surface area contributed by atoms with Gasteiger partial charge in [-0.3, -0.25) is 4.79 Å². The number of allylic oxidation sites excluding steroid dienone is 2. The van der Waals surface area contributed by atoms with Crippen molar-refractivity contribution in [2.75, 3.05) is 0 Å². The summed E-state index contributed by atoms with van der Waals surface area (Å²) in [5.41, 5.74) is 0.0509. The first kappa shape index (κ1) is 6.89. The Morgan fingerprint density at radius 3 is 3.18 bits per heavy atom. The van der Waals surface area contributed by atoms with Crippen molar-refractivity contribution in [3.8, 4) is 0 Å². The van der Waals surface area contributed by atoms with Gasteiger partial charge in [-0.1, -0.05) is 6.92 Å². The Bertz CT molecular complexity index is 230. The molecule has 0 aromatic heterocycles. The quantitative estimate of drug-likeness (QED) is 0.496. The first-order valence-corrected chi connectivity index (χ1v) is 4.12. The fraction of sp³-hybridized carbons (Fsp3) is 0.667. The van der Waals surface area contributed by atoms with Gasteiger partial charge >= 0.3 is 5.97 Å². The molecule has 60 valence electrons. The average Bonchev–Trinajstić information content (AvgIpc) is 2.22. The van der Waals surface area contributed by atoms with Crippen LogP contribution >= 0.6 is 0 Å². The van der Waals surface area contributed by atoms with E-state index < -0.39 is 0 Å². The van der Waals surface area contributed by atoms with E-state index in [1.54, 1.807) is 0 Å². The third-order valence-electron chi connectivity index (χ3n) is 2.62. The Balaban J connectivity index is 2.33. The summed E-state index contributed by atoms with van der Waals surface area (Å²) in [7, 11) is 0. The third kappa shape index (κ3) is 0.971. The molecule has 1 aliphatic heterocycles. The van der Waals surface area contributed by atoms with Gasteiger partial charge in [-0.05, 0) is 25.3 Å². The molecule has 0 saturated carbocycles. The Morgan fingerprint density at radius 2 is 2.45 bits per heavy atom. The number of rotatable bonds is 0. The molecule has 2 heteroatoms. The van der Waals surface area contributed by atoms with Crippen molar-refractivity contribution in [3.05, 3.63) is 11.8 Å². The van der Waals surface area contributed by atoms with E-state index in [4.69, 9.17) is 4.74 Å². The van der Waals surface area contributed by atoms with Gasteiger partial charge in [-0.2, -0.15) is 0 Å². The van der Waals surface area contributed by atoms with Crippen molar-refractivity contribution < 1.29 is 9.53 Å². The number of ether oxygens (including phenoxy) is 1. The molecule has 2 rings (SSSR count). The van der Waals surface area contributed by atoms with Crippen LogP contribution in [0.5, 0.6) is 0 Å². The summed E-state index contributed by atoms with van der Waals surface area (Å²) in [6.45, 7) is 2.11. The monoisotopic (exact) mass is 152 g/mol. The van der Waals surface area contributed by atoms with Crippen LogP contribution in [-0.4, -0.2) is 5.97 Å². The van der Waals surface area contributed by atoms with E-state index in [9.17, 15) is 4.79 Å². The average molecular weight is 152 g/mol. The minimum atomic E-state index is -0.0550. The molecule has 0 aromatic rings. The maximum absolute atomic E-state index is 11.0. The van der Waals surface area contributed by atoms with Crippen molar-refractivity contribution in [2.24, 2.45) is 5.41 Å². The first-order valence-electron chi connectivity index (χ1n) is 4.12. The molecular formula is C9H12O2. The highest BCUT2D eigenvalue weighted by Crippen LogP contribution is 2.45. The molecule has 0 N–H and O–H groups in total. The lowest BCUT2D eigenvalue weighted by Crippen LogP contribution is -2.17. The number of esters is 1. The third-order valence-corrected chi connectivity index (χ3v) is 2.62. The molecule has 1 fully saturated rings. The number of carbonyl (C=O) groups excluding carboxylic acids is 1. The van der Waals surface area contributed by atoms with Crippen LogP contribution in [0.4, 0.5) is 0 Å². The summed E-state index contributed by atoms with van der Waals surface area (Å²) in [5, 5.41) is 0. The van der Waals surface area contributed by atoms with Gasteiger partial charge in [0.05, 0.1) is 6.42 Å². The van der Waals surface area contributed by atoms with Crippen molar-refractivity contribution in [2.45, 2.75) is 32.6 Å². The van der Waals surface area contributed by atoms with Crippen LogP contribution in [-0.2, 0) is 9.53 Å². The fourth-order valence-electron chi connectivity index (χ4n) is 1.91. The van der Waals surface area contributed by atoms with Gasteiger partial charge in [-0.15, -0.1) is 0 Å². The molecule has 0 radical (unpaired) electrons. The van der Waals surface area contributed by atoms with E-state index in [-0.39, 0.29) is 11.4 Å². The van der Waals surface area contributed by atoms with Gasteiger partial charge in [0, 0.05) is 5.41 Å².